The van der Waals surface area contributed by atoms with Crippen LogP contribution >= 0.6 is 0 Å². The van der Waals surface area contributed by atoms with Crippen molar-refractivity contribution >= 4 is 11.8 Å². The Bertz CT molecular complexity index is 525. The summed E-state index contributed by atoms with van der Waals surface area (Å²) in [6.45, 7) is 1.62. The normalized spacial score (nSPS) is 20.0. The van der Waals surface area contributed by atoms with E-state index in [0.29, 0.717) is 5.56 Å². The van der Waals surface area contributed by atoms with Crippen molar-refractivity contribution in [3.05, 3.63) is 35.4 Å². The van der Waals surface area contributed by atoms with Crippen molar-refractivity contribution < 1.29 is 22.8 Å². The van der Waals surface area contributed by atoms with Gasteiger partial charge in [-0.25, -0.2) is 0 Å². The molecule has 1 unspecified atom stereocenters. The lowest BCUT2D eigenvalue weighted by Gasteiger charge is -2.32. The average Bonchev–Trinajstić information content (AvgIpc) is 2.39. The number of halogens is 3. The highest BCUT2D eigenvalue weighted by molar-refractivity contribution is 5.94. The molecule has 1 aromatic carbocycles. The monoisotopic (exact) mass is 286 g/mol. The molecule has 2 amide bonds. The largest absolute Gasteiger partial charge is 0.416 e. The fourth-order valence-electron chi connectivity index (χ4n) is 1.99. The number of nitrogens with zero attached hydrogens (tertiary/aromatic N) is 1. The highest BCUT2D eigenvalue weighted by Crippen LogP contribution is 2.29. The third-order valence-corrected chi connectivity index (χ3v) is 3.22. The Labute approximate surface area is 113 Å². The van der Waals surface area contributed by atoms with E-state index in [-0.39, 0.29) is 24.9 Å². The van der Waals surface area contributed by atoms with Crippen LogP contribution in [0.15, 0.2) is 24.3 Å². The second-order valence-corrected chi connectivity index (χ2v) is 4.61. The molecule has 1 aliphatic rings. The van der Waals surface area contributed by atoms with Gasteiger partial charge in [-0.15, -0.1) is 0 Å². The first-order valence-electron chi connectivity index (χ1n) is 6.02. The van der Waals surface area contributed by atoms with Gasteiger partial charge in [0.15, 0.2) is 0 Å². The Balaban J connectivity index is 2.13. The predicted octanol–water partition coefficient (Wildman–Crippen LogP) is 1.55. The minimum Gasteiger partial charge on any atom is -0.345 e. The number of benzene rings is 1. The summed E-state index contributed by atoms with van der Waals surface area (Å²) >= 11 is 0. The molecule has 1 aliphatic heterocycles. The average molecular weight is 286 g/mol. The standard InChI is InChI=1S/C13H13F3N2O2/c1-8-12(20)17-6-11(19)18(8)7-9-2-4-10(5-3-9)13(14,15)16/h2-5,8H,6-7H2,1H3,(H,17,20). The summed E-state index contributed by atoms with van der Waals surface area (Å²) in [5.41, 5.74) is -0.190. The first-order valence-corrected chi connectivity index (χ1v) is 6.02. The lowest BCUT2D eigenvalue weighted by Crippen LogP contribution is -2.56. The van der Waals surface area contributed by atoms with E-state index in [0.717, 1.165) is 12.1 Å². The molecule has 1 saturated heterocycles. The van der Waals surface area contributed by atoms with Crippen LogP contribution < -0.4 is 5.32 Å². The zero-order valence-corrected chi connectivity index (χ0v) is 10.7. The molecule has 1 heterocycles. The molecule has 0 bridgehead atoms. The minimum atomic E-state index is -4.38. The zero-order chi connectivity index (χ0) is 14.9. The van der Waals surface area contributed by atoms with Crippen LogP contribution in [-0.2, 0) is 22.3 Å². The molecule has 7 heteroatoms. The van der Waals surface area contributed by atoms with Gasteiger partial charge in [-0.1, -0.05) is 12.1 Å². The number of piperazine rings is 1. The number of hydrogen-bond acceptors (Lipinski definition) is 2. The number of hydrogen-bond donors (Lipinski definition) is 1. The maximum absolute atomic E-state index is 12.4. The van der Waals surface area contributed by atoms with Crippen LogP contribution in [0.1, 0.15) is 18.1 Å². The quantitative estimate of drug-likeness (QED) is 0.897. The van der Waals surface area contributed by atoms with Gasteiger partial charge in [-0.3, -0.25) is 9.59 Å². The van der Waals surface area contributed by atoms with Gasteiger partial charge in [-0.2, -0.15) is 13.2 Å². The second kappa shape index (κ2) is 5.15. The molecule has 1 fully saturated rings. The van der Waals surface area contributed by atoms with Crippen LogP contribution in [0.3, 0.4) is 0 Å². The number of nitrogens with one attached hydrogen (secondary N) is 1. The van der Waals surface area contributed by atoms with E-state index in [2.05, 4.69) is 5.32 Å². The van der Waals surface area contributed by atoms with Gasteiger partial charge in [0.1, 0.15) is 6.04 Å². The van der Waals surface area contributed by atoms with Crippen LogP contribution in [0.2, 0.25) is 0 Å². The summed E-state index contributed by atoms with van der Waals surface area (Å²) in [6, 6.07) is 3.94. The molecule has 108 valence electrons. The smallest absolute Gasteiger partial charge is 0.345 e. The number of carbonyl (C=O) groups excluding carboxylic acids is 2. The Kier molecular flexibility index (Phi) is 3.69. The van der Waals surface area contributed by atoms with Crippen LogP contribution in [0.4, 0.5) is 13.2 Å². The molecule has 1 aromatic rings. The summed E-state index contributed by atoms with van der Waals surface area (Å²) in [5.74, 6) is -0.520. The van der Waals surface area contributed by atoms with E-state index in [1.807, 2.05) is 0 Å². The SMILES string of the molecule is CC1C(=O)NCC(=O)N1Cc1ccc(C(F)(F)F)cc1. The summed E-state index contributed by atoms with van der Waals surface area (Å²) in [7, 11) is 0. The van der Waals surface area contributed by atoms with Crippen LogP contribution in [0.25, 0.3) is 0 Å². The second-order valence-electron chi connectivity index (χ2n) is 4.61. The van der Waals surface area contributed by atoms with Gasteiger partial charge >= 0.3 is 6.18 Å². The van der Waals surface area contributed by atoms with Crippen molar-refractivity contribution in [1.82, 2.24) is 10.2 Å². The Morgan fingerprint density at radius 2 is 1.85 bits per heavy atom. The molecule has 0 radical (unpaired) electrons. The molecular formula is C13H13F3N2O2. The molecular weight excluding hydrogens is 273 g/mol. The predicted molar refractivity (Wildman–Crippen MR) is 64.5 cm³/mol. The van der Waals surface area contributed by atoms with Crippen molar-refractivity contribution in [2.75, 3.05) is 6.54 Å². The van der Waals surface area contributed by atoms with Crippen LogP contribution in [-0.4, -0.2) is 29.3 Å². The van der Waals surface area contributed by atoms with Crippen LogP contribution in [0.5, 0.6) is 0 Å². The lowest BCUT2D eigenvalue weighted by molar-refractivity contribution is -0.145. The van der Waals surface area contributed by atoms with E-state index in [9.17, 15) is 22.8 Å². The number of rotatable bonds is 2. The highest BCUT2D eigenvalue weighted by Gasteiger charge is 2.32. The van der Waals surface area contributed by atoms with E-state index < -0.39 is 17.8 Å². The first kappa shape index (κ1) is 14.4. The van der Waals surface area contributed by atoms with E-state index in [4.69, 9.17) is 0 Å². The summed E-state index contributed by atoms with van der Waals surface area (Å²) in [5, 5.41) is 2.45. The molecule has 0 spiro atoms. The molecule has 2 rings (SSSR count). The van der Waals surface area contributed by atoms with Gasteiger partial charge in [0.2, 0.25) is 11.8 Å². The number of carbonyl (C=O) groups is 2. The zero-order valence-electron chi connectivity index (χ0n) is 10.7. The summed E-state index contributed by atoms with van der Waals surface area (Å²) < 4.78 is 37.3. The van der Waals surface area contributed by atoms with E-state index in [1.165, 1.54) is 17.0 Å². The van der Waals surface area contributed by atoms with Crippen molar-refractivity contribution in [2.45, 2.75) is 25.7 Å². The topological polar surface area (TPSA) is 49.4 Å². The minimum absolute atomic E-state index is 0.0796. The molecule has 0 saturated carbocycles. The third-order valence-electron chi connectivity index (χ3n) is 3.22. The lowest BCUT2D eigenvalue weighted by atomic mass is 10.1. The van der Waals surface area contributed by atoms with E-state index in [1.54, 1.807) is 6.92 Å². The van der Waals surface area contributed by atoms with Gasteiger partial charge in [0.25, 0.3) is 0 Å². The third kappa shape index (κ3) is 2.92. The van der Waals surface area contributed by atoms with Crippen molar-refractivity contribution in [1.29, 1.82) is 0 Å². The summed E-state index contributed by atoms with van der Waals surface area (Å²) in [6.07, 6.45) is -4.38. The van der Waals surface area contributed by atoms with Crippen molar-refractivity contribution in [3.63, 3.8) is 0 Å². The molecule has 1 atom stereocenters. The van der Waals surface area contributed by atoms with Gasteiger partial charge in [-0.05, 0) is 24.6 Å². The molecule has 1 N–H and O–H groups in total. The number of alkyl halides is 3. The highest BCUT2D eigenvalue weighted by atomic mass is 19.4. The van der Waals surface area contributed by atoms with Gasteiger partial charge < -0.3 is 10.2 Å². The van der Waals surface area contributed by atoms with Crippen molar-refractivity contribution in [2.24, 2.45) is 0 Å². The summed E-state index contributed by atoms with van der Waals surface area (Å²) in [4.78, 5) is 24.5. The molecule has 0 aliphatic carbocycles. The van der Waals surface area contributed by atoms with Crippen LogP contribution in [0, 0.1) is 0 Å². The fraction of sp³-hybridized carbons (Fsp3) is 0.385. The maximum Gasteiger partial charge on any atom is 0.416 e. The van der Waals surface area contributed by atoms with Gasteiger partial charge in [0.05, 0.1) is 12.1 Å². The first-order chi connectivity index (χ1) is 9.29. The Morgan fingerprint density at radius 3 is 2.40 bits per heavy atom. The molecule has 20 heavy (non-hydrogen) atoms. The fourth-order valence-corrected chi connectivity index (χ4v) is 1.99. The number of amides is 2. The Morgan fingerprint density at radius 1 is 1.25 bits per heavy atom. The van der Waals surface area contributed by atoms with E-state index >= 15 is 0 Å². The maximum atomic E-state index is 12.4. The molecule has 4 nitrogen and oxygen atoms in total. The molecule has 0 aromatic heterocycles. The van der Waals surface area contributed by atoms with Crippen molar-refractivity contribution in [3.8, 4) is 0 Å². The van der Waals surface area contributed by atoms with Gasteiger partial charge in [0, 0.05) is 6.54 Å². The Hall–Kier alpha value is -2.05.